The number of para-hydroxylation sites is 1. The molecule has 0 fully saturated rings. The van der Waals surface area contributed by atoms with Crippen molar-refractivity contribution in [3.63, 3.8) is 0 Å². The molecule has 2 heterocycles. The molecule has 1 aliphatic rings. The van der Waals surface area contributed by atoms with Gasteiger partial charge >= 0.3 is 0 Å². The molecule has 1 unspecified atom stereocenters. The third-order valence-electron chi connectivity index (χ3n) is 4.26. The summed E-state index contributed by atoms with van der Waals surface area (Å²) in [7, 11) is 0. The zero-order valence-electron chi connectivity index (χ0n) is 13.1. The highest BCUT2D eigenvalue weighted by molar-refractivity contribution is 6.30. The zero-order chi connectivity index (χ0) is 16.7. The average molecular weight is 339 g/mol. The molecular weight excluding hydrogens is 324 g/mol. The van der Waals surface area contributed by atoms with E-state index in [4.69, 9.17) is 16.1 Å². The summed E-state index contributed by atoms with van der Waals surface area (Å²) in [6, 6.07) is 17.0. The van der Waals surface area contributed by atoms with Crippen LogP contribution in [0.1, 0.15) is 23.0 Å². The van der Waals surface area contributed by atoms with E-state index in [1.54, 1.807) is 23.1 Å². The largest absolute Gasteiger partial charge is 0.355 e. The molecule has 120 valence electrons. The summed E-state index contributed by atoms with van der Waals surface area (Å²) in [5, 5.41) is 4.57. The Morgan fingerprint density at radius 2 is 2.04 bits per heavy atom. The Hall–Kier alpha value is -2.59. The molecule has 5 heteroatoms. The van der Waals surface area contributed by atoms with Gasteiger partial charge in [0.15, 0.2) is 11.5 Å². The van der Waals surface area contributed by atoms with Crippen molar-refractivity contribution in [2.45, 2.75) is 19.4 Å². The van der Waals surface area contributed by atoms with Crippen molar-refractivity contribution in [2.24, 2.45) is 0 Å². The number of amides is 1. The first-order valence-electron chi connectivity index (χ1n) is 7.77. The maximum atomic E-state index is 12.9. The fourth-order valence-electron chi connectivity index (χ4n) is 3.15. The molecule has 1 atom stereocenters. The van der Waals surface area contributed by atoms with Gasteiger partial charge in [-0.05, 0) is 37.1 Å². The quantitative estimate of drug-likeness (QED) is 0.686. The summed E-state index contributed by atoms with van der Waals surface area (Å²) in [6.07, 6.45) is 0.848. The molecule has 0 spiro atoms. The number of hydrogen-bond acceptors (Lipinski definition) is 3. The Balaban J connectivity index is 1.67. The maximum absolute atomic E-state index is 12.9. The van der Waals surface area contributed by atoms with Crippen LogP contribution in [0.2, 0.25) is 5.02 Å². The minimum Gasteiger partial charge on any atom is -0.355 e. The minimum atomic E-state index is -0.149. The van der Waals surface area contributed by atoms with Crippen molar-refractivity contribution in [3.05, 3.63) is 70.9 Å². The van der Waals surface area contributed by atoms with Crippen LogP contribution in [0.5, 0.6) is 0 Å². The third kappa shape index (κ3) is 2.49. The second-order valence-corrected chi connectivity index (χ2v) is 6.38. The van der Waals surface area contributed by atoms with Gasteiger partial charge < -0.3 is 9.42 Å². The number of nitrogens with zero attached hydrogens (tertiary/aromatic N) is 2. The molecule has 3 aromatic rings. The van der Waals surface area contributed by atoms with Crippen molar-refractivity contribution in [3.8, 4) is 11.3 Å². The van der Waals surface area contributed by atoms with E-state index < -0.39 is 0 Å². The van der Waals surface area contributed by atoms with Crippen molar-refractivity contribution < 1.29 is 9.32 Å². The second-order valence-electron chi connectivity index (χ2n) is 5.94. The van der Waals surface area contributed by atoms with E-state index in [-0.39, 0.29) is 11.9 Å². The molecule has 24 heavy (non-hydrogen) atoms. The number of aromatic nitrogens is 1. The molecule has 4 nitrogen and oxygen atoms in total. The van der Waals surface area contributed by atoms with E-state index in [9.17, 15) is 4.79 Å². The van der Waals surface area contributed by atoms with Crippen LogP contribution < -0.4 is 4.90 Å². The Labute approximate surface area is 144 Å². The van der Waals surface area contributed by atoms with Crippen LogP contribution >= 0.6 is 11.6 Å². The van der Waals surface area contributed by atoms with Crippen LogP contribution in [0.3, 0.4) is 0 Å². The summed E-state index contributed by atoms with van der Waals surface area (Å²) in [6.45, 7) is 2.04. The fraction of sp³-hybridized carbons (Fsp3) is 0.158. The van der Waals surface area contributed by atoms with Gasteiger partial charge in [-0.25, -0.2) is 0 Å². The van der Waals surface area contributed by atoms with Gasteiger partial charge in [-0.3, -0.25) is 4.79 Å². The van der Waals surface area contributed by atoms with E-state index in [2.05, 4.69) is 11.2 Å². The monoisotopic (exact) mass is 338 g/mol. The predicted molar refractivity (Wildman–Crippen MR) is 93.4 cm³/mol. The smallest absolute Gasteiger partial charge is 0.280 e. The van der Waals surface area contributed by atoms with Crippen molar-refractivity contribution >= 4 is 23.2 Å². The highest BCUT2D eigenvalue weighted by Crippen LogP contribution is 2.33. The number of anilines is 1. The third-order valence-corrected chi connectivity index (χ3v) is 4.50. The number of carbonyl (C=O) groups is 1. The van der Waals surface area contributed by atoms with Crippen LogP contribution in [0.4, 0.5) is 5.69 Å². The second kappa shape index (κ2) is 5.80. The zero-order valence-corrected chi connectivity index (χ0v) is 13.8. The molecule has 0 bridgehead atoms. The Bertz CT molecular complexity index is 919. The molecule has 2 aromatic carbocycles. The first kappa shape index (κ1) is 15.0. The van der Waals surface area contributed by atoms with E-state index in [0.717, 1.165) is 17.7 Å². The molecule has 0 radical (unpaired) electrons. The van der Waals surface area contributed by atoms with Crippen LogP contribution in [-0.4, -0.2) is 17.1 Å². The van der Waals surface area contributed by atoms with Gasteiger partial charge in [-0.15, -0.1) is 0 Å². The van der Waals surface area contributed by atoms with Crippen molar-refractivity contribution in [1.82, 2.24) is 5.16 Å². The van der Waals surface area contributed by atoms with Crippen LogP contribution in [-0.2, 0) is 6.42 Å². The lowest BCUT2D eigenvalue weighted by Crippen LogP contribution is -2.35. The molecule has 0 saturated carbocycles. The highest BCUT2D eigenvalue weighted by atomic mass is 35.5. The van der Waals surface area contributed by atoms with E-state index in [1.807, 2.05) is 37.3 Å². The fourth-order valence-corrected chi connectivity index (χ4v) is 3.34. The van der Waals surface area contributed by atoms with Gasteiger partial charge in [0.25, 0.3) is 5.91 Å². The Morgan fingerprint density at radius 3 is 2.88 bits per heavy atom. The summed E-state index contributed by atoms with van der Waals surface area (Å²) >= 11 is 6.01. The van der Waals surface area contributed by atoms with Gasteiger partial charge in [-0.1, -0.05) is 47.1 Å². The molecule has 4 rings (SSSR count). The van der Waals surface area contributed by atoms with Crippen LogP contribution in [0.15, 0.2) is 59.1 Å². The average Bonchev–Trinajstić information content (AvgIpc) is 3.18. The lowest BCUT2D eigenvalue weighted by molar-refractivity contribution is 0.0973. The summed E-state index contributed by atoms with van der Waals surface area (Å²) in [5.74, 6) is 0.380. The number of fused-ring (bicyclic) bond motifs is 1. The number of hydrogen-bond donors (Lipinski definition) is 0. The Kier molecular flexibility index (Phi) is 3.62. The summed E-state index contributed by atoms with van der Waals surface area (Å²) in [5.41, 5.74) is 3.22. The lowest BCUT2D eigenvalue weighted by Gasteiger charge is -2.21. The topological polar surface area (TPSA) is 46.3 Å². The van der Waals surface area contributed by atoms with Crippen LogP contribution in [0, 0.1) is 0 Å². The predicted octanol–water partition coefficient (Wildman–Crippen LogP) is 4.59. The van der Waals surface area contributed by atoms with Crippen LogP contribution in [0.25, 0.3) is 11.3 Å². The van der Waals surface area contributed by atoms with Crippen molar-refractivity contribution in [1.29, 1.82) is 0 Å². The number of benzene rings is 2. The lowest BCUT2D eigenvalue weighted by atomic mass is 10.1. The van der Waals surface area contributed by atoms with Gasteiger partial charge in [0.2, 0.25) is 0 Å². The molecule has 0 aliphatic carbocycles. The highest BCUT2D eigenvalue weighted by Gasteiger charge is 2.32. The first-order valence-corrected chi connectivity index (χ1v) is 8.15. The van der Waals surface area contributed by atoms with E-state index in [0.29, 0.717) is 16.5 Å². The molecular formula is C19H15ClN2O2. The summed E-state index contributed by atoms with van der Waals surface area (Å²) < 4.78 is 5.35. The number of halogens is 1. The molecule has 1 aromatic heterocycles. The molecule has 0 saturated heterocycles. The normalized spacial score (nSPS) is 16.2. The molecule has 1 amide bonds. The SMILES string of the molecule is CC1Cc2ccccc2N1C(=O)c1cc(-c2cccc(Cl)c2)on1. The van der Waals surface area contributed by atoms with Gasteiger partial charge in [0.05, 0.1) is 0 Å². The first-order chi connectivity index (χ1) is 11.6. The molecule has 1 aliphatic heterocycles. The Morgan fingerprint density at radius 1 is 1.21 bits per heavy atom. The van der Waals surface area contributed by atoms with Gasteiger partial charge in [0.1, 0.15) is 0 Å². The van der Waals surface area contributed by atoms with Gasteiger partial charge in [0, 0.05) is 28.4 Å². The minimum absolute atomic E-state index is 0.0984. The molecule has 0 N–H and O–H groups in total. The standard InChI is InChI=1S/C19H15ClN2O2/c1-12-9-13-5-2-3-8-17(13)22(12)19(23)16-11-18(24-21-16)14-6-4-7-15(20)10-14/h2-8,10-12H,9H2,1H3. The van der Waals surface area contributed by atoms with Gasteiger partial charge in [-0.2, -0.15) is 0 Å². The maximum Gasteiger partial charge on any atom is 0.280 e. The number of carbonyl (C=O) groups excluding carboxylic acids is 1. The van der Waals surface area contributed by atoms with Crippen molar-refractivity contribution in [2.75, 3.05) is 4.90 Å². The summed E-state index contributed by atoms with van der Waals surface area (Å²) in [4.78, 5) is 14.7. The van der Waals surface area contributed by atoms with E-state index in [1.165, 1.54) is 5.56 Å². The number of rotatable bonds is 2. The van der Waals surface area contributed by atoms with E-state index >= 15 is 0 Å².